The molecule has 0 N–H and O–H groups in total. The Balaban J connectivity index is 2.56. The van der Waals surface area contributed by atoms with E-state index in [4.69, 9.17) is 11.6 Å². The molecule has 0 atom stereocenters. The quantitative estimate of drug-likeness (QED) is 0.411. The average molecular weight is 195 g/mol. The van der Waals surface area contributed by atoms with Crippen molar-refractivity contribution >= 4 is 11.6 Å². The van der Waals surface area contributed by atoms with Crippen molar-refractivity contribution in [3.05, 3.63) is 23.2 Å². The highest BCUT2D eigenvalue weighted by atomic mass is 35.5. The molecule has 0 amide bonds. The van der Waals surface area contributed by atoms with Gasteiger partial charge >= 0.3 is 0 Å². The zero-order valence-electron chi connectivity index (χ0n) is 7.55. The van der Waals surface area contributed by atoms with Crippen LogP contribution in [0.15, 0.2) is 12.3 Å². The summed E-state index contributed by atoms with van der Waals surface area (Å²) in [6.07, 6.45) is 4.82. The van der Waals surface area contributed by atoms with Gasteiger partial charge in [-0.1, -0.05) is 19.3 Å². The second kappa shape index (κ2) is 5.55. The lowest BCUT2D eigenvalue weighted by Crippen LogP contribution is -1.84. The van der Waals surface area contributed by atoms with Crippen LogP contribution in [0.25, 0.3) is 0 Å². The van der Waals surface area contributed by atoms with E-state index in [2.05, 4.69) is 28.7 Å². The standard InChI is InChI=1S/C10H11ClN2/c1-2-3-4-5-6-9-7-8-12-10(11)13-9/h7-8H,2-4H2,1H3. The Hall–Kier alpha value is -1.07. The van der Waals surface area contributed by atoms with Gasteiger partial charge in [0.25, 0.3) is 0 Å². The SMILES string of the molecule is CCCCC#Cc1ccnc(Cl)n1. The first-order valence-electron chi connectivity index (χ1n) is 4.30. The van der Waals surface area contributed by atoms with E-state index in [-0.39, 0.29) is 5.28 Å². The van der Waals surface area contributed by atoms with Crippen LogP contribution < -0.4 is 0 Å². The van der Waals surface area contributed by atoms with E-state index in [1.807, 2.05) is 0 Å². The summed E-state index contributed by atoms with van der Waals surface area (Å²) in [6, 6.07) is 1.75. The number of nitrogens with zero attached hydrogens (tertiary/aromatic N) is 2. The van der Waals surface area contributed by atoms with Crippen LogP contribution in [0, 0.1) is 11.8 Å². The summed E-state index contributed by atoms with van der Waals surface area (Å²) in [6.45, 7) is 2.14. The lowest BCUT2D eigenvalue weighted by Gasteiger charge is -1.89. The van der Waals surface area contributed by atoms with Gasteiger partial charge in [0.2, 0.25) is 5.28 Å². The zero-order chi connectivity index (χ0) is 9.52. The summed E-state index contributed by atoms with van der Waals surface area (Å²) in [7, 11) is 0. The summed E-state index contributed by atoms with van der Waals surface area (Å²) >= 11 is 5.59. The second-order valence-corrected chi connectivity index (χ2v) is 2.95. The molecule has 0 aliphatic rings. The molecule has 0 unspecified atom stereocenters. The third-order valence-corrected chi connectivity index (χ3v) is 1.68. The number of halogens is 1. The maximum absolute atomic E-state index is 5.59. The van der Waals surface area contributed by atoms with E-state index < -0.39 is 0 Å². The van der Waals surface area contributed by atoms with Crippen molar-refractivity contribution in [2.24, 2.45) is 0 Å². The van der Waals surface area contributed by atoms with Crippen molar-refractivity contribution in [2.75, 3.05) is 0 Å². The molecule has 0 fully saturated rings. The molecule has 0 radical (unpaired) electrons. The molecule has 0 saturated heterocycles. The summed E-state index contributed by atoms with van der Waals surface area (Å²) in [5.74, 6) is 5.97. The van der Waals surface area contributed by atoms with Gasteiger partial charge in [-0.25, -0.2) is 9.97 Å². The Bertz CT molecular complexity index is 325. The van der Waals surface area contributed by atoms with Crippen molar-refractivity contribution in [2.45, 2.75) is 26.2 Å². The predicted molar refractivity (Wildman–Crippen MR) is 53.4 cm³/mol. The van der Waals surface area contributed by atoms with E-state index in [0.717, 1.165) is 12.8 Å². The molecular weight excluding hydrogens is 184 g/mol. The maximum atomic E-state index is 5.59. The Labute approximate surface area is 83.4 Å². The van der Waals surface area contributed by atoms with Crippen LogP contribution in [-0.4, -0.2) is 9.97 Å². The Morgan fingerprint density at radius 1 is 1.54 bits per heavy atom. The van der Waals surface area contributed by atoms with Gasteiger partial charge < -0.3 is 0 Å². The summed E-state index contributed by atoms with van der Waals surface area (Å²) < 4.78 is 0. The molecule has 1 aromatic rings. The molecule has 1 aromatic heterocycles. The van der Waals surface area contributed by atoms with Gasteiger partial charge in [-0.3, -0.25) is 0 Å². The maximum Gasteiger partial charge on any atom is 0.223 e. The van der Waals surface area contributed by atoms with E-state index >= 15 is 0 Å². The minimum absolute atomic E-state index is 0.252. The Morgan fingerprint density at radius 2 is 2.38 bits per heavy atom. The fraction of sp³-hybridized carbons (Fsp3) is 0.400. The van der Waals surface area contributed by atoms with Crippen LogP contribution in [0.1, 0.15) is 31.9 Å². The largest absolute Gasteiger partial charge is 0.226 e. The minimum atomic E-state index is 0.252. The van der Waals surface area contributed by atoms with Crippen molar-refractivity contribution in [1.82, 2.24) is 9.97 Å². The van der Waals surface area contributed by atoms with Crippen LogP contribution >= 0.6 is 11.6 Å². The van der Waals surface area contributed by atoms with Gasteiger partial charge in [-0.2, -0.15) is 0 Å². The first kappa shape index (κ1) is 10.0. The molecule has 0 aliphatic carbocycles. The lowest BCUT2D eigenvalue weighted by molar-refractivity contribution is 0.828. The van der Waals surface area contributed by atoms with E-state index in [1.165, 1.54) is 6.42 Å². The van der Waals surface area contributed by atoms with Crippen molar-refractivity contribution in [3.63, 3.8) is 0 Å². The molecule has 1 rings (SSSR count). The second-order valence-electron chi connectivity index (χ2n) is 2.62. The third-order valence-electron chi connectivity index (χ3n) is 1.50. The van der Waals surface area contributed by atoms with Gasteiger partial charge in [-0.15, -0.1) is 0 Å². The molecule has 1 heterocycles. The van der Waals surface area contributed by atoms with Gasteiger partial charge in [0.05, 0.1) is 0 Å². The van der Waals surface area contributed by atoms with Crippen LogP contribution in [0.4, 0.5) is 0 Å². The topological polar surface area (TPSA) is 25.8 Å². The van der Waals surface area contributed by atoms with Crippen LogP contribution in [-0.2, 0) is 0 Å². The number of hydrogen-bond acceptors (Lipinski definition) is 2. The van der Waals surface area contributed by atoms with Crippen LogP contribution in [0.3, 0.4) is 0 Å². The predicted octanol–water partition coefficient (Wildman–Crippen LogP) is 2.67. The first-order chi connectivity index (χ1) is 6.33. The zero-order valence-corrected chi connectivity index (χ0v) is 8.30. The molecule has 0 aromatic carbocycles. The van der Waals surface area contributed by atoms with E-state index in [1.54, 1.807) is 12.3 Å². The minimum Gasteiger partial charge on any atom is -0.226 e. The molecule has 0 spiro atoms. The highest BCUT2D eigenvalue weighted by Crippen LogP contribution is 1.99. The molecule has 3 heteroatoms. The molecule has 0 aliphatic heterocycles. The van der Waals surface area contributed by atoms with Crippen LogP contribution in [0.5, 0.6) is 0 Å². The number of hydrogen-bond donors (Lipinski definition) is 0. The third kappa shape index (κ3) is 3.91. The molecule has 0 saturated carbocycles. The molecule has 0 bridgehead atoms. The van der Waals surface area contributed by atoms with Crippen molar-refractivity contribution in [3.8, 4) is 11.8 Å². The van der Waals surface area contributed by atoms with Gasteiger partial charge in [0, 0.05) is 12.6 Å². The van der Waals surface area contributed by atoms with E-state index in [0.29, 0.717) is 5.69 Å². The van der Waals surface area contributed by atoms with Crippen molar-refractivity contribution < 1.29 is 0 Å². The molecular formula is C10H11ClN2. The fourth-order valence-corrected chi connectivity index (χ4v) is 0.970. The number of aromatic nitrogens is 2. The number of rotatable bonds is 2. The molecule has 2 nitrogen and oxygen atoms in total. The molecule has 13 heavy (non-hydrogen) atoms. The van der Waals surface area contributed by atoms with Gasteiger partial charge in [0.1, 0.15) is 5.69 Å². The Morgan fingerprint density at radius 3 is 3.08 bits per heavy atom. The lowest BCUT2D eigenvalue weighted by atomic mass is 10.2. The highest BCUT2D eigenvalue weighted by molar-refractivity contribution is 6.28. The Kier molecular flexibility index (Phi) is 4.28. The van der Waals surface area contributed by atoms with Gasteiger partial charge in [-0.05, 0) is 30.0 Å². The molecule has 68 valence electrons. The summed E-state index contributed by atoms with van der Waals surface area (Å²) in [5.41, 5.74) is 0.691. The fourth-order valence-electron chi connectivity index (χ4n) is 0.823. The van der Waals surface area contributed by atoms with Crippen LogP contribution in [0.2, 0.25) is 5.28 Å². The van der Waals surface area contributed by atoms with Crippen molar-refractivity contribution in [1.29, 1.82) is 0 Å². The first-order valence-corrected chi connectivity index (χ1v) is 4.68. The number of unbranched alkanes of at least 4 members (excludes halogenated alkanes) is 2. The average Bonchev–Trinajstić information content (AvgIpc) is 2.13. The van der Waals surface area contributed by atoms with E-state index in [9.17, 15) is 0 Å². The summed E-state index contributed by atoms with van der Waals surface area (Å²) in [5, 5.41) is 0.252. The smallest absolute Gasteiger partial charge is 0.223 e. The highest BCUT2D eigenvalue weighted by Gasteiger charge is 1.90. The van der Waals surface area contributed by atoms with Gasteiger partial charge in [0.15, 0.2) is 0 Å². The normalized spacial score (nSPS) is 9.08. The monoisotopic (exact) mass is 194 g/mol. The summed E-state index contributed by atoms with van der Waals surface area (Å²) in [4.78, 5) is 7.72.